The third kappa shape index (κ3) is 2.46. The van der Waals surface area contributed by atoms with Gasteiger partial charge in [-0.05, 0) is 18.4 Å². The van der Waals surface area contributed by atoms with Crippen molar-refractivity contribution in [2.24, 2.45) is 0 Å². The number of carbonyl (C=O) groups is 1. The van der Waals surface area contributed by atoms with Crippen LogP contribution >= 0.6 is 11.3 Å². The summed E-state index contributed by atoms with van der Waals surface area (Å²) in [5, 5.41) is 1.95. The zero-order valence-corrected chi connectivity index (χ0v) is 9.25. The Balaban J connectivity index is 2.15. The van der Waals surface area contributed by atoms with E-state index in [9.17, 15) is 4.79 Å². The Labute approximate surface area is 92.3 Å². The molecule has 0 aromatic carbocycles. The number of ketones is 1. The number of hydrogen-bond donors (Lipinski definition) is 0. The van der Waals surface area contributed by atoms with Crippen LogP contribution < -0.4 is 0 Å². The van der Waals surface area contributed by atoms with Crippen molar-refractivity contribution >= 4 is 22.9 Å². The third-order valence-electron chi connectivity index (χ3n) is 2.03. The highest BCUT2D eigenvalue weighted by Gasteiger charge is 2.23. The van der Waals surface area contributed by atoms with Gasteiger partial charge in [0.15, 0.2) is 5.78 Å². The van der Waals surface area contributed by atoms with Crippen LogP contribution in [0.25, 0.3) is 5.76 Å². The molecule has 1 aromatic rings. The first-order valence-corrected chi connectivity index (χ1v) is 5.74. The predicted octanol–water partition coefficient (Wildman–Crippen LogP) is 2.44. The first kappa shape index (κ1) is 10.4. The lowest BCUT2D eigenvalue weighted by Crippen LogP contribution is -2.24. The molecule has 1 unspecified atom stereocenters. The average molecular weight is 224 g/mol. The first-order chi connectivity index (χ1) is 7.29. The minimum absolute atomic E-state index is 0.0584. The molecular weight excluding hydrogens is 212 g/mol. The van der Waals surface area contributed by atoms with E-state index in [4.69, 9.17) is 9.47 Å². The average Bonchev–Trinajstić information content (AvgIpc) is 2.70. The summed E-state index contributed by atoms with van der Waals surface area (Å²) in [7, 11) is 0. The third-order valence-corrected chi connectivity index (χ3v) is 2.92. The van der Waals surface area contributed by atoms with Crippen LogP contribution in [0.1, 0.15) is 18.2 Å². The molecule has 2 heterocycles. The van der Waals surface area contributed by atoms with Crippen LogP contribution in [0.4, 0.5) is 0 Å². The zero-order chi connectivity index (χ0) is 10.7. The molecule has 1 aliphatic heterocycles. The van der Waals surface area contributed by atoms with Crippen molar-refractivity contribution in [3.8, 4) is 0 Å². The summed E-state index contributed by atoms with van der Waals surface area (Å²) in [6, 6.07) is 3.86. The number of rotatable bonds is 3. The van der Waals surface area contributed by atoms with Crippen LogP contribution in [0.2, 0.25) is 0 Å². The minimum atomic E-state index is -0.426. The fraction of sp³-hybridized carbons (Fsp3) is 0.364. The number of thiophene rings is 1. The maximum Gasteiger partial charge on any atom is 0.207 e. The summed E-state index contributed by atoms with van der Waals surface area (Å²) in [4.78, 5) is 12.4. The largest absolute Gasteiger partial charge is 0.463 e. The van der Waals surface area contributed by atoms with Gasteiger partial charge in [0.1, 0.15) is 5.76 Å². The number of carbonyl (C=O) groups excluding carboxylic acids is 1. The van der Waals surface area contributed by atoms with Gasteiger partial charge in [-0.3, -0.25) is 4.79 Å². The summed E-state index contributed by atoms with van der Waals surface area (Å²) >= 11 is 1.55. The Morgan fingerprint density at radius 1 is 1.67 bits per heavy atom. The van der Waals surface area contributed by atoms with Crippen LogP contribution in [0.15, 0.2) is 23.6 Å². The number of hydrogen-bond acceptors (Lipinski definition) is 4. The van der Waals surface area contributed by atoms with Gasteiger partial charge < -0.3 is 9.47 Å². The molecule has 0 saturated heterocycles. The molecular formula is C11H12O3S. The van der Waals surface area contributed by atoms with E-state index >= 15 is 0 Å². The van der Waals surface area contributed by atoms with Gasteiger partial charge in [-0.2, -0.15) is 0 Å². The molecule has 0 saturated carbocycles. The van der Waals surface area contributed by atoms with Crippen molar-refractivity contribution in [3.63, 3.8) is 0 Å². The lowest BCUT2D eigenvalue weighted by molar-refractivity contribution is -0.134. The Kier molecular flexibility index (Phi) is 3.18. The van der Waals surface area contributed by atoms with Crippen molar-refractivity contribution in [1.82, 2.24) is 0 Å². The van der Waals surface area contributed by atoms with E-state index in [1.54, 1.807) is 17.4 Å². The van der Waals surface area contributed by atoms with Gasteiger partial charge in [0.25, 0.3) is 0 Å². The van der Waals surface area contributed by atoms with Gasteiger partial charge in [-0.25, -0.2) is 0 Å². The van der Waals surface area contributed by atoms with E-state index in [1.165, 1.54) is 0 Å². The molecule has 4 heteroatoms. The molecule has 0 radical (unpaired) electrons. The fourth-order valence-electron chi connectivity index (χ4n) is 1.41. The maximum atomic E-state index is 11.4. The molecule has 0 bridgehead atoms. The minimum Gasteiger partial charge on any atom is -0.463 e. The molecule has 3 nitrogen and oxygen atoms in total. The normalized spacial score (nSPS) is 21.0. The van der Waals surface area contributed by atoms with Crippen LogP contribution in [-0.4, -0.2) is 18.7 Å². The van der Waals surface area contributed by atoms with Crippen LogP contribution in [-0.2, 0) is 14.3 Å². The molecule has 0 amide bonds. The number of ether oxygens (including phenoxy) is 2. The second kappa shape index (κ2) is 4.59. The molecule has 80 valence electrons. The van der Waals surface area contributed by atoms with E-state index < -0.39 is 6.29 Å². The lowest BCUT2D eigenvalue weighted by atomic mass is 10.2. The maximum absolute atomic E-state index is 11.4. The highest BCUT2D eigenvalue weighted by molar-refractivity contribution is 7.11. The molecule has 2 rings (SSSR count). The highest BCUT2D eigenvalue weighted by Crippen LogP contribution is 2.27. The van der Waals surface area contributed by atoms with Gasteiger partial charge in [0.05, 0.1) is 11.3 Å². The SMILES string of the molecule is CCOC1CC(=O)C=C(c2cccs2)O1. The van der Waals surface area contributed by atoms with Gasteiger partial charge in [-0.1, -0.05) is 6.07 Å². The second-order valence-corrected chi connectivity index (χ2v) is 4.11. The van der Waals surface area contributed by atoms with Crippen molar-refractivity contribution in [2.45, 2.75) is 19.6 Å². The molecule has 1 aromatic heterocycles. The Morgan fingerprint density at radius 3 is 3.20 bits per heavy atom. The van der Waals surface area contributed by atoms with Crippen molar-refractivity contribution in [1.29, 1.82) is 0 Å². The van der Waals surface area contributed by atoms with E-state index in [0.717, 1.165) is 4.88 Å². The van der Waals surface area contributed by atoms with Crippen molar-refractivity contribution in [2.75, 3.05) is 6.61 Å². The monoisotopic (exact) mass is 224 g/mol. The predicted molar refractivity (Wildman–Crippen MR) is 58.4 cm³/mol. The molecule has 0 N–H and O–H groups in total. The van der Waals surface area contributed by atoms with Gasteiger partial charge in [0, 0.05) is 12.7 Å². The summed E-state index contributed by atoms with van der Waals surface area (Å²) < 4.78 is 10.9. The molecule has 0 fully saturated rings. The first-order valence-electron chi connectivity index (χ1n) is 4.86. The van der Waals surface area contributed by atoms with E-state index in [2.05, 4.69) is 0 Å². The molecule has 0 spiro atoms. The fourth-order valence-corrected chi connectivity index (χ4v) is 2.10. The summed E-state index contributed by atoms with van der Waals surface area (Å²) in [6.07, 6.45) is 1.42. The Hall–Kier alpha value is -1.13. The molecule has 1 atom stereocenters. The summed E-state index contributed by atoms with van der Waals surface area (Å²) in [6.45, 7) is 2.44. The molecule has 0 aliphatic carbocycles. The molecule has 15 heavy (non-hydrogen) atoms. The van der Waals surface area contributed by atoms with Crippen LogP contribution in [0.5, 0.6) is 0 Å². The van der Waals surface area contributed by atoms with Crippen molar-refractivity contribution < 1.29 is 14.3 Å². The standard InChI is InChI=1S/C11H12O3S/c1-2-13-11-7-8(12)6-9(14-11)10-4-3-5-15-10/h3-6,11H,2,7H2,1H3. The highest BCUT2D eigenvalue weighted by atomic mass is 32.1. The van der Waals surface area contributed by atoms with E-state index in [1.807, 2.05) is 24.4 Å². The van der Waals surface area contributed by atoms with Crippen molar-refractivity contribution in [3.05, 3.63) is 28.5 Å². The second-order valence-electron chi connectivity index (χ2n) is 3.16. The molecule has 1 aliphatic rings. The van der Waals surface area contributed by atoms with Gasteiger partial charge in [0.2, 0.25) is 6.29 Å². The zero-order valence-electron chi connectivity index (χ0n) is 8.43. The van der Waals surface area contributed by atoms with Gasteiger partial charge in [-0.15, -0.1) is 11.3 Å². The Morgan fingerprint density at radius 2 is 2.53 bits per heavy atom. The number of allylic oxidation sites excluding steroid dienone is 1. The van der Waals surface area contributed by atoms with E-state index in [0.29, 0.717) is 18.8 Å². The smallest absolute Gasteiger partial charge is 0.207 e. The lowest BCUT2D eigenvalue weighted by Gasteiger charge is -2.22. The van der Waals surface area contributed by atoms with Crippen LogP contribution in [0, 0.1) is 0 Å². The van der Waals surface area contributed by atoms with E-state index in [-0.39, 0.29) is 5.78 Å². The summed E-state index contributed by atoms with van der Waals surface area (Å²) in [5.74, 6) is 0.683. The Bertz CT molecular complexity index is 367. The summed E-state index contributed by atoms with van der Waals surface area (Å²) in [5.41, 5.74) is 0. The van der Waals surface area contributed by atoms with Gasteiger partial charge >= 0.3 is 0 Å². The van der Waals surface area contributed by atoms with Crippen LogP contribution in [0.3, 0.4) is 0 Å². The topological polar surface area (TPSA) is 35.5 Å². The quantitative estimate of drug-likeness (QED) is 0.791.